The summed E-state index contributed by atoms with van der Waals surface area (Å²) in [4.78, 5) is 11.0. The first-order valence-corrected chi connectivity index (χ1v) is 6.43. The van der Waals surface area contributed by atoms with E-state index in [1.807, 2.05) is 26.0 Å². The molecule has 0 fully saturated rings. The molecule has 0 amide bonds. The van der Waals surface area contributed by atoms with Crippen LogP contribution in [0.5, 0.6) is 0 Å². The lowest BCUT2D eigenvalue weighted by molar-refractivity contribution is 0.400. The summed E-state index contributed by atoms with van der Waals surface area (Å²) in [6.45, 7) is 9.77. The predicted octanol–water partition coefficient (Wildman–Crippen LogP) is 2.67. The van der Waals surface area contributed by atoms with Crippen LogP contribution in [-0.4, -0.2) is 28.2 Å². The number of anilines is 3. The average Bonchev–Trinajstić information content (AvgIpc) is 2.75. The van der Waals surface area contributed by atoms with Crippen molar-refractivity contribution in [1.29, 1.82) is 0 Å². The number of hydrogen-bond acceptors (Lipinski definition) is 6. The molecule has 2 heterocycles. The number of aromatic nitrogens is 3. The Kier molecular flexibility index (Phi) is 3.99. The van der Waals surface area contributed by atoms with Gasteiger partial charge in [-0.15, -0.1) is 0 Å². The van der Waals surface area contributed by atoms with Crippen molar-refractivity contribution in [2.75, 3.05) is 23.3 Å². The molecular weight excluding hydrogens is 242 g/mol. The molecule has 19 heavy (non-hydrogen) atoms. The first-order valence-electron chi connectivity index (χ1n) is 6.43. The van der Waals surface area contributed by atoms with E-state index in [0.717, 1.165) is 36.3 Å². The van der Waals surface area contributed by atoms with Gasteiger partial charge in [0, 0.05) is 25.2 Å². The number of hydrogen-bond donors (Lipinski definition) is 1. The second-order valence-corrected chi connectivity index (χ2v) is 4.28. The van der Waals surface area contributed by atoms with Crippen LogP contribution in [0.25, 0.3) is 0 Å². The molecule has 0 bridgehead atoms. The van der Waals surface area contributed by atoms with Gasteiger partial charge in [0.05, 0.1) is 0 Å². The van der Waals surface area contributed by atoms with Gasteiger partial charge in [0.1, 0.15) is 23.2 Å². The van der Waals surface area contributed by atoms with Crippen LogP contribution >= 0.6 is 0 Å². The molecule has 0 aliphatic heterocycles. The molecule has 1 N–H and O–H groups in total. The Balaban J connectivity index is 2.25. The fourth-order valence-electron chi connectivity index (χ4n) is 1.88. The fourth-order valence-corrected chi connectivity index (χ4v) is 1.88. The highest BCUT2D eigenvalue weighted by atomic mass is 16.5. The monoisotopic (exact) mass is 261 g/mol. The van der Waals surface area contributed by atoms with E-state index in [9.17, 15) is 0 Å². The van der Waals surface area contributed by atoms with Crippen LogP contribution in [-0.2, 0) is 0 Å². The Hall–Kier alpha value is -2.11. The van der Waals surface area contributed by atoms with E-state index in [1.54, 1.807) is 0 Å². The lowest BCUT2D eigenvalue weighted by atomic mass is 10.4. The minimum absolute atomic E-state index is 0.654. The van der Waals surface area contributed by atoms with Crippen LogP contribution in [0.15, 0.2) is 16.7 Å². The van der Waals surface area contributed by atoms with Crippen LogP contribution in [0.3, 0.4) is 0 Å². The highest BCUT2D eigenvalue weighted by molar-refractivity contribution is 5.56. The van der Waals surface area contributed by atoms with Gasteiger partial charge in [0.25, 0.3) is 0 Å². The Morgan fingerprint density at radius 2 is 1.84 bits per heavy atom. The summed E-state index contributed by atoms with van der Waals surface area (Å²) in [5, 5.41) is 7.02. The zero-order valence-corrected chi connectivity index (χ0v) is 11.8. The molecule has 6 heteroatoms. The second kappa shape index (κ2) is 5.69. The Morgan fingerprint density at radius 1 is 1.11 bits per heavy atom. The van der Waals surface area contributed by atoms with Gasteiger partial charge in [0.2, 0.25) is 0 Å². The van der Waals surface area contributed by atoms with Crippen molar-refractivity contribution in [3.8, 4) is 0 Å². The summed E-state index contributed by atoms with van der Waals surface area (Å²) < 4.78 is 5.02. The van der Waals surface area contributed by atoms with Crippen molar-refractivity contribution in [3.05, 3.63) is 23.7 Å². The van der Waals surface area contributed by atoms with E-state index in [4.69, 9.17) is 4.52 Å². The Labute approximate surface area is 112 Å². The van der Waals surface area contributed by atoms with E-state index in [-0.39, 0.29) is 0 Å². The standard InChI is InChI=1S/C13H19N5O/c1-5-18(6-2)13-8-11(14-10(4)15-13)16-12-7-9(3)19-17-12/h7-8H,5-6H2,1-4H3,(H,14,15,16,17). The first kappa shape index (κ1) is 13.3. The van der Waals surface area contributed by atoms with E-state index in [2.05, 4.69) is 39.2 Å². The van der Waals surface area contributed by atoms with Gasteiger partial charge in [-0.1, -0.05) is 5.16 Å². The summed E-state index contributed by atoms with van der Waals surface area (Å²) in [6, 6.07) is 3.75. The Morgan fingerprint density at radius 3 is 2.42 bits per heavy atom. The molecule has 0 aliphatic carbocycles. The van der Waals surface area contributed by atoms with Gasteiger partial charge >= 0.3 is 0 Å². The maximum Gasteiger partial charge on any atom is 0.175 e. The molecule has 0 unspecified atom stereocenters. The summed E-state index contributed by atoms with van der Waals surface area (Å²) in [7, 11) is 0. The third kappa shape index (κ3) is 3.21. The summed E-state index contributed by atoms with van der Waals surface area (Å²) >= 11 is 0. The number of nitrogens with one attached hydrogen (secondary N) is 1. The largest absolute Gasteiger partial charge is 0.360 e. The van der Waals surface area contributed by atoms with Gasteiger partial charge in [-0.2, -0.15) is 0 Å². The maximum absolute atomic E-state index is 5.02. The molecule has 0 saturated carbocycles. The van der Waals surface area contributed by atoms with Crippen LogP contribution < -0.4 is 10.2 Å². The third-order valence-corrected chi connectivity index (χ3v) is 2.80. The minimum atomic E-state index is 0.654. The lowest BCUT2D eigenvalue weighted by Crippen LogP contribution is -2.23. The molecule has 0 aromatic carbocycles. The SMILES string of the molecule is CCN(CC)c1cc(Nc2cc(C)on2)nc(C)n1. The number of aryl methyl sites for hydroxylation is 2. The van der Waals surface area contributed by atoms with Crippen molar-refractivity contribution in [2.45, 2.75) is 27.7 Å². The summed E-state index contributed by atoms with van der Waals surface area (Å²) in [6.07, 6.45) is 0. The quantitative estimate of drug-likeness (QED) is 0.892. The highest BCUT2D eigenvalue weighted by Gasteiger charge is 2.08. The van der Waals surface area contributed by atoms with Gasteiger partial charge < -0.3 is 14.7 Å². The van der Waals surface area contributed by atoms with Gasteiger partial charge in [-0.3, -0.25) is 0 Å². The normalized spacial score (nSPS) is 10.5. The van der Waals surface area contributed by atoms with Gasteiger partial charge in [-0.25, -0.2) is 9.97 Å². The van der Waals surface area contributed by atoms with Crippen molar-refractivity contribution in [1.82, 2.24) is 15.1 Å². The predicted molar refractivity (Wildman–Crippen MR) is 74.9 cm³/mol. The molecule has 6 nitrogen and oxygen atoms in total. The van der Waals surface area contributed by atoms with Crippen LogP contribution in [0.4, 0.5) is 17.5 Å². The van der Waals surface area contributed by atoms with Crippen molar-refractivity contribution in [2.24, 2.45) is 0 Å². The van der Waals surface area contributed by atoms with E-state index >= 15 is 0 Å². The third-order valence-electron chi connectivity index (χ3n) is 2.80. The molecule has 0 aliphatic rings. The number of rotatable bonds is 5. The van der Waals surface area contributed by atoms with E-state index in [1.165, 1.54) is 0 Å². The maximum atomic E-state index is 5.02. The minimum Gasteiger partial charge on any atom is -0.360 e. The smallest absolute Gasteiger partial charge is 0.175 e. The van der Waals surface area contributed by atoms with Crippen molar-refractivity contribution in [3.63, 3.8) is 0 Å². The molecule has 0 saturated heterocycles. The van der Waals surface area contributed by atoms with Crippen molar-refractivity contribution < 1.29 is 4.52 Å². The topological polar surface area (TPSA) is 67.1 Å². The molecule has 0 radical (unpaired) electrons. The molecule has 2 rings (SSSR count). The highest BCUT2D eigenvalue weighted by Crippen LogP contribution is 2.19. The van der Waals surface area contributed by atoms with Crippen LogP contribution in [0, 0.1) is 13.8 Å². The molecule has 102 valence electrons. The molecule has 0 spiro atoms. The first-order chi connectivity index (χ1) is 9.12. The zero-order chi connectivity index (χ0) is 13.8. The molecular formula is C13H19N5O. The summed E-state index contributed by atoms with van der Waals surface area (Å²) in [5.74, 6) is 3.79. The average molecular weight is 261 g/mol. The fraction of sp³-hybridized carbons (Fsp3) is 0.462. The van der Waals surface area contributed by atoms with E-state index < -0.39 is 0 Å². The second-order valence-electron chi connectivity index (χ2n) is 4.28. The zero-order valence-electron chi connectivity index (χ0n) is 11.8. The van der Waals surface area contributed by atoms with E-state index in [0.29, 0.717) is 5.82 Å². The van der Waals surface area contributed by atoms with Gasteiger partial charge in [0.15, 0.2) is 5.82 Å². The van der Waals surface area contributed by atoms with Crippen molar-refractivity contribution >= 4 is 17.5 Å². The summed E-state index contributed by atoms with van der Waals surface area (Å²) in [5.41, 5.74) is 0. The molecule has 2 aromatic rings. The number of nitrogens with zero attached hydrogens (tertiary/aromatic N) is 4. The molecule has 0 atom stereocenters. The van der Waals surface area contributed by atoms with Crippen LogP contribution in [0.1, 0.15) is 25.4 Å². The van der Waals surface area contributed by atoms with Crippen LogP contribution in [0.2, 0.25) is 0 Å². The Bertz CT molecular complexity index is 548. The lowest BCUT2D eigenvalue weighted by Gasteiger charge is -2.20. The van der Waals surface area contributed by atoms with Gasteiger partial charge in [-0.05, 0) is 27.7 Å². The molecule has 2 aromatic heterocycles.